The van der Waals surface area contributed by atoms with Crippen molar-refractivity contribution in [2.45, 2.75) is 26.7 Å². The van der Waals surface area contributed by atoms with Gasteiger partial charge in [0.25, 0.3) is 0 Å². The topological polar surface area (TPSA) is 72.8 Å². The van der Waals surface area contributed by atoms with Crippen molar-refractivity contribution in [1.82, 2.24) is 5.32 Å². The maximum absolute atomic E-state index is 9.53. The molecular weight excluding hydrogens is 298 g/mol. The van der Waals surface area contributed by atoms with E-state index in [1.54, 1.807) is 0 Å². The molecule has 0 amide bonds. The first-order chi connectivity index (χ1) is 11.5. The second-order valence-electron chi connectivity index (χ2n) is 5.93. The summed E-state index contributed by atoms with van der Waals surface area (Å²) in [5.74, 6) is 0.882. The summed E-state index contributed by atoms with van der Waals surface area (Å²) in [5, 5.41) is 22.1. The molecule has 2 heterocycles. The molecule has 0 atom stereocenters. The summed E-state index contributed by atoms with van der Waals surface area (Å²) in [5.41, 5.74) is 4.70. The van der Waals surface area contributed by atoms with Gasteiger partial charge in [-0.3, -0.25) is 0 Å². The summed E-state index contributed by atoms with van der Waals surface area (Å²) in [4.78, 5) is 0. The average molecular weight is 315 g/mol. The Morgan fingerprint density at radius 2 is 1.46 bits per heavy atom. The van der Waals surface area contributed by atoms with Crippen molar-refractivity contribution < 1.29 is 4.42 Å². The molecule has 4 heteroatoms. The minimum absolute atomic E-state index is 0.458. The molecule has 2 aromatic rings. The molecule has 3 rings (SSSR count). The molecule has 0 saturated carbocycles. The largest absolute Gasteiger partial charge is 0.460 e. The van der Waals surface area contributed by atoms with Crippen molar-refractivity contribution in [3.63, 3.8) is 0 Å². The summed E-state index contributed by atoms with van der Waals surface area (Å²) >= 11 is 0. The Bertz CT molecular complexity index is 894. The van der Waals surface area contributed by atoms with E-state index >= 15 is 0 Å². The van der Waals surface area contributed by atoms with Crippen molar-refractivity contribution in [3.8, 4) is 23.5 Å². The predicted molar refractivity (Wildman–Crippen MR) is 91.4 cm³/mol. The summed E-state index contributed by atoms with van der Waals surface area (Å²) in [6.45, 7) is 5.71. The van der Waals surface area contributed by atoms with Gasteiger partial charge >= 0.3 is 0 Å². The van der Waals surface area contributed by atoms with E-state index in [1.807, 2.05) is 57.2 Å². The number of nitriles is 2. The molecule has 1 aliphatic rings. The van der Waals surface area contributed by atoms with E-state index in [0.29, 0.717) is 16.9 Å². The van der Waals surface area contributed by atoms with Gasteiger partial charge < -0.3 is 9.73 Å². The summed E-state index contributed by atoms with van der Waals surface area (Å²) in [7, 11) is 0. The SMILES string of the molecule is CC1=C(C#N)C(c2ccc(-c3ccc(C)cc3)o2)C(C#N)=C(C)N1. The molecule has 0 radical (unpaired) electrons. The molecule has 0 saturated heterocycles. The predicted octanol–water partition coefficient (Wildman–Crippen LogP) is 4.54. The highest BCUT2D eigenvalue weighted by Gasteiger charge is 2.31. The van der Waals surface area contributed by atoms with Gasteiger partial charge in [0, 0.05) is 17.0 Å². The number of hydrogen-bond acceptors (Lipinski definition) is 4. The zero-order chi connectivity index (χ0) is 17.3. The van der Waals surface area contributed by atoms with Crippen LogP contribution < -0.4 is 5.32 Å². The zero-order valence-corrected chi connectivity index (χ0v) is 13.8. The smallest absolute Gasteiger partial charge is 0.134 e. The van der Waals surface area contributed by atoms with E-state index in [2.05, 4.69) is 17.5 Å². The third-order valence-electron chi connectivity index (χ3n) is 4.25. The molecule has 0 spiro atoms. The highest BCUT2D eigenvalue weighted by Crippen LogP contribution is 2.39. The second-order valence-corrected chi connectivity index (χ2v) is 5.93. The van der Waals surface area contributed by atoms with Gasteiger partial charge in [0.15, 0.2) is 0 Å². The average Bonchev–Trinajstić information content (AvgIpc) is 3.04. The van der Waals surface area contributed by atoms with E-state index in [-0.39, 0.29) is 0 Å². The summed E-state index contributed by atoms with van der Waals surface area (Å²) < 4.78 is 6.01. The van der Waals surface area contributed by atoms with Crippen LogP contribution in [0.5, 0.6) is 0 Å². The van der Waals surface area contributed by atoms with Crippen LogP contribution >= 0.6 is 0 Å². The van der Waals surface area contributed by atoms with Crippen molar-refractivity contribution in [2.75, 3.05) is 0 Å². The van der Waals surface area contributed by atoms with Gasteiger partial charge in [-0.05, 0) is 32.9 Å². The van der Waals surface area contributed by atoms with Crippen LogP contribution in [0.2, 0.25) is 0 Å². The van der Waals surface area contributed by atoms with Crippen LogP contribution in [0.3, 0.4) is 0 Å². The number of dihydropyridines is 1. The highest BCUT2D eigenvalue weighted by molar-refractivity contribution is 5.60. The number of allylic oxidation sites excluding steroid dienone is 4. The molecule has 118 valence electrons. The standard InChI is InChI=1S/C20H17N3O/c1-12-4-6-15(7-5-12)18-8-9-19(24-18)20-16(10-21)13(2)23-14(3)17(20)11-22/h4-9,20,23H,1-3H3. The Kier molecular flexibility index (Phi) is 3.98. The normalized spacial score (nSPS) is 15.0. The Morgan fingerprint density at radius 3 is 2.00 bits per heavy atom. The van der Waals surface area contributed by atoms with Crippen LogP contribution in [0.25, 0.3) is 11.3 Å². The molecule has 1 aromatic carbocycles. The Hall–Kier alpha value is -3.24. The third-order valence-corrected chi connectivity index (χ3v) is 4.25. The van der Waals surface area contributed by atoms with Gasteiger partial charge in [0.1, 0.15) is 11.5 Å². The van der Waals surface area contributed by atoms with Crippen LogP contribution in [0.1, 0.15) is 31.1 Å². The maximum atomic E-state index is 9.53. The molecule has 4 nitrogen and oxygen atoms in total. The van der Waals surface area contributed by atoms with Gasteiger partial charge in [-0.15, -0.1) is 0 Å². The molecule has 1 aliphatic heterocycles. The molecule has 24 heavy (non-hydrogen) atoms. The highest BCUT2D eigenvalue weighted by atomic mass is 16.3. The monoisotopic (exact) mass is 315 g/mol. The van der Waals surface area contributed by atoms with E-state index in [1.165, 1.54) is 5.56 Å². The van der Waals surface area contributed by atoms with E-state index in [9.17, 15) is 10.5 Å². The van der Waals surface area contributed by atoms with E-state index < -0.39 is 5.92 Å². The fourth-order valence-electron chi connectivity index (χ4n) is 2.96. The first-order valence-electron chi connectivity index (χ1n) is 7.70. The van der Waals surface area contributed by atoms with E-state index in [4.69, 9.17) is 4.42 Å². The fraction of sp³-hybridized carbons (Fsp3) is 0.200. The summed E-state index contributed by atoms with van der Waals surface area (Å²) in [6.07, 6.45) is 0. The van der Waals surface area contributed by atoms with Gasteiger partial charge in [-0.2, -0.15) is 10.5 Å². The molecule has 0 bridgehead atoms. The molecule has 0 unspecified atom stereocenters. The molecule has 1 N–H and O–H groups in total. The van der Waals surface area contributed by atoms with Crippen LogP contribution in [0.15, 0.2) is 63.4 Å². The van der Waals surface area contributed by atoms with Crippen molar-refractivity contribution in [2.24, 2.45) is 0 Å². The Balaban J connectivity index is 2.07. The lowest BCUT2D eigenvalue weighted by atomic mass is 9.85. The van der Waals surface area contributed by atoms with Crippen LogP contribution in [-0.4, -0.2) is 0 Å². The van der Waals surface area contributed by atoms with Crippen LogP contribution in [0, 0.1) is 29.6 Å². The van der Waals surface area contributed by atoms with Gasteiger partial charge in [0.05, 0.1) is 29.2 Å². The van der Waals surface area contributed by atoms with Crippen molar-refractivity contribution in [1.29, 1.82) is 10.5 Å². The first-order valence-corrected chi connectivity index (χ1v) is 7.70. The van der Waals surface area contributed by atoms with Crippen LogP contribution in [-0.2, 0) is 0 Å². The number of aryl methyl sites for hydroxylation is 1. The van der Waals surface area contributed by atoms with Gasteiger partial charge in [-0.1, -0.05) is 29.8 Å². The fourth-order valence-corrected chi connectivity index (χ4v) is 2.96. The number of nitrogens with one attached hydrogen (secondary N) is 1. The van der Waals surface area contributed by atoms with Gasteiger partial charge in [-0.25, -0.2) is 0 Å². The number of rotatable bonds is 2. The Labute approximate surface area is 141 Å². The number of nitrogens with zero attached hydrogens (tertiary/aromatic N) is 2. The van der Waals surface area contributed by atoms with Crippen molar-refractivity contribution in [3.05, 3.63) is 70.3 Å². The third kappa shape index (κ3) is 2.59. The lowest BCUT2D eigenvalue weighted by molar-refractivity contribution is 0.511. The molecule has 0 aliphatic carbocycles. The van der Waals surface area contributed by atoms with Crippen LogP contribution in [0.4, 0.5) is 0 Å². The number of hydrogen-bond donors (Lipinski definition) is 1. The lowest BCUT2D eigenvalue weighted by Gasteiger charge is -2.24. The Morgan fingerprint density at radius 1 is 0.875 bits per heavy atom. The molecule has 1 aromatic heterocycles. The van der Waals surface area contributed by atoms with Gasteiger partial charge in [0.2, 0.25) is 0 Å². The van der Waals surface area contributed by atoms with Crippen molar-refractivity contribution >= 4 is 0 Å². The minimum atomic E-state index is -0.458. The quantitative estimate of drug-likeness (QED) is 0.883. The second kappa shape index (κ2) is 6.10. The number of benzene rings is 1. The zero-order valence-electron chi connectivity index (χ0n) is 13.8. The lowest BCUT2D eigenvalue weighted by Crippen LogP contribution is -2.23. The minimum Gasteiger partial charge on any atom is -0.460 e. The number of furan rings is 1. The summed E-state index contributed by atoms with van der Waals surface area (Å²) in [6, 6.07) is 16.2. The molecular formula is C20H17N3O. The first kappa shape index (κ1) is 15.6. The maximum Gasteiger partial charge on any atom is 0.134 e. The van der Waals surface area contributed by atoms with E-state index in [0.717, 1.165) is 22.7 Å². The molecule has 0 fully saturated rings.